The molecule has 1 saturated carbocycles. The Morgan fingerprint density at radius 1 is 1.23 bits per heavy atom. The van der Waals surface area contributed by atoms with Gasteiger partial charge in [0.25, 0.3) is 11.5 Å². The molecule has 7 nitrogen and oxygen atoms in total. The van der Waals surface area contributed by atoms with Gasteiger partial charge in [-0.15, -0.1) is 0 Å². The van der Waals surface area contributed by atoms with E-state index in [1.54, 1.807) is 7.05 Å². The molecule has 1 aromatic heterocycles. The first kappa shape index (κ1) is 19.7. The summed E-state index contributed by atoms with van der Waals surface area (Å²) in [5.41, 5.74) is 1.46. The summed E-state index contributed by atoms with van der Waals surface area (Å²) < 4.78 is 7.04. The molecule has 0 radical (unpaired) electrons. The summed E-state index contributed by atoms with van der Waals surface area (Å²) >= 11 is 0. The normalized spacial score (nSPS) is 28.4. The average Bonchev–Trinajstić information content (AvgIpc) is 3.05. The van der Waals surface area contributed by atoms with Crippen molar-refractivity contribution in [3.05, 3.63) is 40.3 Å². The van der Waals surface area contributed by atoms with E-state index in [0.29, 0.717) is 24.5 Å². The standard InChI is InChI=1S/C23H30N4O3/c1-22(2)13-23(14-26-8-10-30-11-9-26)15-27(12-18(22)23)21(29)19-20(28)25(3)17-7-5-4-6-16(17)24-19/h4-7,18H,8-15H2,1-3H3/t18-,23+/m1/s1. The number of likely N-dealkylation sites (tertiary alicyclic amines) is 1. The lowest BCUT2D eigenvalue weighted by Crippen LogP contribution is -2.59. The highest BCUT2D eigenvalue weighted by Gasteiger charge is 2.63. The van der Waals surface area contributed by atoms with Crippen LogP contribution in [0.2, 0.25) is 0 Å². The lowest BCUT2D eigenvalue weighted by Gasteiger charge is -2.58. The minimum absolute atomic E-state index is 0.0387. The zero-order chi connectivity index (χ0) is 21.1. The molecule has 2 atom stereocenters. The lowest BCUT2D eigenvalue weighted by molar-refractivity contribution is -0.0966. The van der Waals surface area contributed by atoms with Crippen molar-refractivity contribution in [3.8, 4) is 0 Å². The summed E-state index contributed by atoms with van der Waals surface area (Å²) in [7, 11) is 1.71. The quantitative estimate of drug-likeness (QED) is 0.771. The van der Waals surface area contributed by atoms with Gasteiger partial charge in [0.15, 0.2) is 5.69 Å². The summed E-state index contributed by atoms with van der Waals surface area (Å²) in [6, 6.07) is 7.46. The van der Waals surface area contributed by atoms with Gasteiger partial charge in [0.1, 0.15) is 0 Å². The first-order valence-corrected chi connectivity index (χ1v) is 10.9. The number of morpholine rings is 1. The Labute approximate surface area is 176 Å². The molecule has 160 valence electrons. The number of nitrogens with zero attached hydrogens (tertiary/aromatic N) is 4. The van der Waals surface area contributed by atoms with Crippen LogP contribution in [-0.4, -0.2) is 71.2 Å². The number of hydrogen-bond donors (Lipinski definition) is 0. The van der Waals surface area contributed by atoms with E-state index in [2.05, 4.69) is 23.7 Å². The first-order chi connectivity index (χ1) is 14.3. The molecule has 2 saturated heterocycles. The molecule has 0 N–H and O–H groups in total. The number of fused-ring (bicyclic) bond motifs is 2. The van der Waals surface area contributed by atoms with Gasteiger partial charge in [0.05, 0.1) is 24.2 Å². The summed E-state index contributed by atoms with van der Waals surface area (Å²) in [6.45, 7) is 10.5. The van der Waals surface area contributed by atoms with Gasteiger partial charge in [0, 0.05) is 45.2 Å². The smallest absolute Gasteiger partial charge is 0.282 e. The second-order valence-corrected chi connectivity index (χ2v) is 9.97. The molecule has 0 spiro atoms. The van der Waals surface area contributed by atoms with Crippen LogP contribution < -0.4 is 5.56 Å². The fourth-order valence-electron chi connectivity index (χ4n) is 6.27. The maximum absolute atomic E-state index is 13.4. The summed E-state index contributed by atoms with van der Waals surface area (Å²) in [4.78, 5) is 35.2. The third-order valence-corrected chi connectivity index (χ3v) is 7.51. The zero-order valence-electron chi connectivity index (χ0n) is 18.1. The largest absolute Gasteiger partial charge is 0.379 e. The van der Waals surface area contributed by atoms with Crippen LogP contribution in [0.5, 0.6) is 0 Å². The minimum atomic E-state index is -0.320. The van der Waals surface area contributed by atoms with E-state index in [1.165, 1.54) is 4.57 Å². The van der Waals surface area contributed by atoms with Crippen molar-refractivity contribution in [1.82, 2.24) is 19.4 Å². The highest BCUT2D eigenvalue weighted by molar-refractivity contribution is 5.94. The SMILES string of the molecule is Cn1c(=O)c(C(=O)N2C[C@@H]3C(C)(C)C[C@]3(CN3CCOCC3)C2)nc2ccccc21. The summed E-state index contributed by atoms with van der Waals surface area (Å²) in [6.07, 6.45) is 1.11. The molecular weight excluding hydrogens is 380 g/mol. The van der Waals surface area contributed by atoms with Crippen molar-refractivity contribution in [3.63, 3.8) is 0 Å². The van der Waals surface area contributed by atoms with Crippen LogP contribution in [0.25, 0.3) is 11.0 Å². The predicted octanol–water partition coefficient (Wildman–Crippen LogP) is 1.75. The van der Waals surface area contributed by atoms with E-state index >= 15 is 0 Å². The molecule has 7 heteroatoms. The van der Waals surface area contributed by atoms with E-state index in [0.717, 1.165) is 44.8 Å². The predicted molar refractivity (Wildman–Crippen MR) is 114 cm³/mol. The Bertz CT molecular complexity index is 1060. The molecule has 0 unspecified atom stereocenters. The van der Waals surface area contributed by atoms with E-state index in [4.69, 9.17) is 4.74 Å². The molecule has 3 fully saturated rings. The molecule has 0 bridgehead atoms. The minimum Gasteiger partial charge on any atom is -0.379 e. The van der Waals surface area contributed by atoms with Crippen molar-refractivity contribution in [1.29, 1.82) is 0 Å². The van der Waals surface area contributed by atoms with Crippen LogP contribution in [0.1, 0.15) is 30.8 Å². The Kier molecular flexibility index (Phi) is 4.52. The number of carbonyl (C=O) groups is 1. The number of benzene rings is 1. The number of amides is 1. The van der Waals surface area contributed by atoms with Gasteiger partial charge in [-0.25, -0.2) is 4.98 Å². The third kappa shape index (κ3) is 2.98. The van der Waals surface area contributed by atoms with Crippen LogP contribution in [-0.2, 0) is 11.8 Å². The topological polar surface area (TPSA) is 67.7 Å². The molecule has 5 rings (SSSR count). The van der Waals surface area contributed by atoms with E-state index < -0.39 is 0 Å². The van der Waals surface area contributed by atoms with Crippen LogP contribution in [0.15, 0.2) is 29.1 Å². The van der Waals surface area contributed by atoms with Crippen molar-refractivity contribution in [2.45, 2.75) is 20.3 Å². The monoisotopic (exact) mass is 410 g/mol. The molecule has 3 heterocycles. The number of ether oxygens (including phenoxy) is 1. The molecule has 1 aliphatic carbocycles. The summed E-state index contributed by atoms with van der Waals surface area (Å²) in [5.74, 6) is 0.217. The third-order valence-electron chi connectivity index (χ3n) is 7.51. The second kappa shape index (κ2) is 6.89. The van der Waals surface area contributed by atoms with E-state index in [9.17, 15) is 9.59 Å². The maximum Gasteiger partial charge on any atom is 0.282 e. The lowest BCUT2D eigenvalue weighted by atomic mass is 9.48. The fourth-order valence-corrected chi connectivity index (χ4v) is 6.27. The van der Waals surface area contributed by atoms with Crippen LogP contribution in [0, 0.1) is 16.7 Å². The average molecular weight is 411 g/mol. The molecule has 1 amide bonds. The number of para-hydroxylation sites is 2. The van der Waals surface area contributed by atoms with Gasteiger partial charge in [-0.05, 0) is 29.9 Å². The van der Waals surface area contributed by atoms with Gasteiger partial charge < -0.3 is 14.2 Å². The summed E-state index contributed by atoms with van der Waals surface area (Å²) in [5, 5.41) is 0. The fraction of sp³-hybridized carbons (Fsp3) is 0.609. The highest BCUT2D eigenvalue weighted by Crippen LogP contribution is 2.63. The van der Waals surface area contributed by atoms with Crippen molar-refractivity contribution >= 4 is 16.9 Å². The van der Waals surface area contributed by atoms with Gasteiger partial charge in [-0.1, -0.05) is 26.0 Å². The Morgan fingerprint density at radius 2 is 1.97 bits per heavy atom. The highest BCUT2D eigenvalue weighted by atomic mass is 16.5. The maximum atomic E-state index is 13.4. The number of rotatable bonds is 3. The van der Waals surface area contributed by atoms with E-state index in [1.807, 2.05) is 29.2 Å². The zero-order valence-corrected chi connectivity index (χ0v) is 18.1. The van der Waals surface area contributed by atoms with Gasteiger partial charge >= 0.3 is 0 Å². The van der Waals surface area contributed by atoms with Crippen molar-refractivity contribution in [2.75, 3.05) is 45.9 Å². The molecule has 2 aromatic rings. The van der Waals surface area contributed by atoms with Crippen molar-refractivity contribution in [2.24, 2.45) is 23.8 Å². The van der Waals surface area contributed by atoms with Gasteiger partial charge in [0.2, 0.25) is 0 Å². The number of hydrogen-bond acceptors (Lipinski definition) is 5. The Balaban J connectivity index is 1.44. The Hall–Kier alpha value is -2.25. The van der Waals surface area contributed by atoms with E-state index in [-0.39, 0.29) is 28.0 Å². The second-order valence-electron chi connectivity index (χ2n) is 9.97. The van der Waals surface area contributed by atoms with Crippen LogP contribution >= 0.6 is 0 Å². The molecule has 3 aliphatic rings. The first-order valence-electron chi connectivity index (χ1n) is 10.9. The molecule has 1 aromatic carbocycles. The Morgan fingerprint density at radius 3 is 2.70 bits per heavy atom. The molecule has 2 aliphatic heterocycles. The van der Waals surface area contributed by atoms with Gasteiger partial charge in [-0.2, -0.15) is 0 Å². The van der Waals surface area contributed by atoms with Crippen molar-refractivity contribution < 1.29 is 9.53 Å². The number of carbonyl (C=O) groups excluding carboxylic acids is 1. The van der Waals surface area contributed by atoms with Crippen LogP contribution in [0.3, 0.4) is 0 Å². The molecule has 30 heavy (non-hydrogen) atoms. The number of aromatic nitrogens is 2. The molecular formula is C23H30N4O3. The van der Waals surface area contributed by atoms with Crippen LogP contribution in [0.4, 0.5) is 0 Å². The number of aryl methyl sites for hydroxylation is 1. The van der Waals surface area contributed by atoms with Gasteiger partial charge in [-0.3, -0.25) is 14.5 Å².